The van der Waals surface area contributed by atoms with E-state index in [1.165, 1.54) is 0 Å². The van der Waals surface area contributed by atoms with Gasteiger partial charge in [-0.3, -0.25) is 0 Å². The number of nitrogens with one attached hydrogen (secondary N) is 1. The Labute approximate surface area is 202 Å². The molecule has 0 saturated heterocycles. The number of allylic oxidation sites excluding steroid dienone is 4. The summed E-state index contributed by atoms with van der Waals surface area (Å²) in [6, 6.07) is 9.78. The molecule has 0 aromatic heterocycles. The molecule has 4 N–H and O–H groups in total. The van der Waals surface area contributed by atoms with E-state index in [-0.39, 0.29) is 23.7 Å². The molecule has 2 aromatic rings. The molecule has 196 valence electrons. The molecule has 0 fully saturated rings. The van der Waals surface area contributed by atoms with Crippen LogP contribution in [0.4, 0.5) is 35.1 Å². The van der Waals surface area contributed by atoms with Crippen LogP contribution in [-0.2, 0) is 18.0 Å². The van der Waals surface area contributed by atoms with Gasteiger partial charge in [-0.15, -0.1) is 0 Å². The third kappa shape index (κ3) is 7.66. The molecule has 0 bridgehead atoms. The first-order valence-corrected chi connectivity index (χ1v) is 10.5. The van der Waals surface area contributed by atoms with Gasteiger partial charge in [0.15, 0.2) is 6.10 Å². The van der Waals surface area contributed by atoms with Crippen molar-refractivity contribution in [2.45, 2.75) is 30.3 Å². The van der Waals surface area contributed by atoms with Crippen molar-refractivity contribution in [3.8, 4) is 0 Å². The van der Waals surface area contributed by atoms with Crippen LogP contribution in [0.1, 0.15) is 16.7 Å². The molecule has 3 nitrogen and oxygen atoms in total. The van der Waals surface area contributed by atoms with Gasteiger partial charge in [0, 0.05) is 18.8 Å². The fraction of sp³-hybridized carbons (Fsp3) is 0.280. The Hall–Kier alpha value is -3.18. The molecule has 0 aliphatic heterocycles. The molecule has 2 rings (SSSR count). The number of aliphatic hydroxyl groups is 1. The van der Waals surface area contributed by atoms with Crippen molar-refractivity contribution in [3.63, 3.8) is 0 Å². The Morgan fingerprint density at radius 3 is 2.17 bits per heavy atom. The van der Waals surface area contributed by atoms with E-state index in [1.54, 1.807) is 30.3 Å². The van der Waals surface area contributed by atoms with E-state index in [0.717, 1.165) is 24.3 Å². The Balaban J connectivity index is 2.74. The minimum Gasteiger partial charge on any atom is -0.401 e. The van der Waals surface area contributed by atoms with Crippen molar-refractivity contribution in [2.75, 3.05) is 13.1 Å². The van der Waals surface area contributed by atoms with Crippen molar-refractivity contribution < 1.29 is 40.2 Å². The Morgan fingerprint density at radius 2 is 1.61 bits per heavy atom. The van der Waals surface area contributed by atoms with Gasteiger partial charge >= 0.3 is 12.4 Å². The van der Waals surface area contributed by atoms with Gasteiger partial charge in [0.05, 0.1) is 11.0 Å². The smallest absolute Gasteiger partial charge is 0.401 e. The van der Waals surface area contributed by atoms with Crippen molar-refractivity contribution in [2.24, 2.45) is 5.73 Å². The van der Waals surface area contributed by atoms with Crippen LogP contribution in [-0.4, -0.2) is 30.5 Å². The molecule has 0 spiro atoms. The number of rotatable bonds is 10. The molecule has 0 heterocycles. The largest absolute Gasteiger partial charge is 0.416 e. The first-order valence-electron chi connectivity index (χ1n) is 10.5. The summed E-state index contributed by atoms with van der Waals surface area (Å²) in [5.41, 5.74) is 3.03. The Morgan fingerprint density at radius 1 is 1.00 bits per heavy atom. The second-order valence-corrected chi connectivity index (χ2v) is 8.04. The van der Waals surface area contributed by atoms with Crippen LogP contribution < -0.4 is 11.1 Å². The number of benzene rings is 2. The number of halogens is 8. The molecule has 0 radical (unpaired) electrons. The topological polar surface area (TPSA) is 58.3 Å². The van der Waals surface area contributed by atoms with Crippen LogP contribution in [0, 0.1) is 5.82 Å². The fourth-order valence-corrected chi connectivity index (χ4v) is 3.55. The van der Waals surface area contributed by atoms with Crippen molar-refractivity contribution in [1.29, 1.82) is 0 Å². The maximum absolute atomic E-state index is 14.4. The second-order valence-electron chi connectivity index (χ2n) is 8.04. The predicted molar refractivity (Wildman–Crippen MR) is 120 cm³/mol. The van der Waals surface area contributed by atoms with E-state index >= 15 is 0 Å². The maximum Gasteiger partial charge on any atom is 0.416 e. The van der Waals surface area contributed by atoms with Crippen LogP contribution >= 0.6 is 0 Å². The number of nitrogens with two attached hydrogens (primary N) is 1. The summed E-state index contributed by atoms with van der Waals surface area (Å²) < 4.78 is 107. The number of aliphatic hydroxyl groups excluding tert-OH is 1. The highest BCUT2D eigenvalue weighted by atomic mass is 19.4. The molecule has 0 aliphatic carbocycles. The standard InChI is InChI=1S/C25H24F8N2O/c1-2-19(26)8-9-21(34)23(13-16-6-4-3-5-7-16,15-35-14-22(36)25(31,32)33)17-10-18(24(28,29)30)12-20(27)11-17/h2-12,22,35-36H,1,13-15,34H2/b19-8+,21-9-/t22-,23-/m1/s1. The molecule has 0 aliphatic rings. The van der Waals surface area contributed by atoms with Gasteiger partial charge in [0.25, 0.3) is 0 Å². The van der Waals surface area contributed by atoms with E-state index in [0.29, 0.717) is 11.6 Å². The highest BCUT2D eigenvalue weighted by Crippen LogP contribution is 2.38. The summed E-state index contributed by atoms with van der Waals surface area (Å²) in [5.74, 6) is -2.10. The molecule has 0 unspecified atom stereocenters. The van der Waals surface area contributed by atoms with Crippen molar-refractivity contribution in [3.05, 3.63) is 107 Å². The summed E-state index contributed by atoms with van der Waals surface area (Å²) >= 11 is 0. The zero-order valence-corrected chi connectivity index (χ0v) is 18.8. The van der Waals surface area contributed by atoms with Gasteiger partial charge in [0.2, 0.25) is 0 Å². The van der Waals surface area contributed by atoms with Crippen LogP contribution in [0.3, 0.4) is 0 Å². The molecule has 0 saturated carbocycles. The van der Waals surface area contributed by atoms with E-state index in [1.807, 2.05) is 0 Å². The maximum atomic E-state index is 14.4. The minimum atomic E-state index is -4.96. The third-order valence-corrected chi connectivity index (χ3v) is 5.44. The highest BCUT2D eigenvalue weighted by Gasteiger charge is 2.41. The number of hydrogen-bond acceptors (Lipinski definition) is 3. The molecule has 11 heteroatoms. The van der Waals surface area contributed by atoms with E-state index < -0.39 is 54.2 Å². The van der Waals surface area contributed by atoms with Crippen LogP contribution in [0.5, 0.6) is 0 Å². The Bertz CT molecular complexity index is 1090. The summed E-state index contributed by atoms with van der Waals surface area (Å²) in [4.78, 5) is 0. The average molecular weight is 520 g/mol. The molecule has 2 aromatic carbocycles. The summed E-state index contributed by atoms with van der Waals surface area (Å²) in [6.45, 7) is 1.66. The summed E-state index contributed by atoms with van der Waals surface area (Å²) in [6.07, 6.45) is -10.2. The first kappa shape index (κ1) is 29.1. The van der Waals surface area contributed by atoms with Crippen LogP contribution in [0.25, 0.3) is 0 Å². The molecule has 0 amide bonds. The number of hydrogen-bond donors (Lipinski definition) is 3. The minimum absolute atomic E-state index is 0.199. The number of alkyl halides is 6. The highest BCUT2D eigenvalue weighted by molar-refractivity contribution is 5.43. The van der Waals surface area contributed by atoms with Crippen molar-refractivity contribution in [1.82, 2.24) is 5.32 Å². The SMILES string of the molecule is C=C/C(F)=C\C=C(/N)[C@@](CNC[C@@H](O)C(F)(F)F)(Cc1ccccc1)c1cc(F)cc(C(F)(F)F)c1. The quantitative estimate of drug-likeness (QED) is 0.278. The lowest BCUT2D eigenvalue weighted by molar-refractivity contribution is -0.201. The lowest BCUT2D eigenvalue weighted by atomic mass is 9.72. The van der Waals surface area contributed by atoms with Gasteiger partial charge in [-0.25, -0.2) is 8.78 Å². The van der Waals surface area contributed by atoms with Crippen LogP contribution in [0.2, 0.25) is 0 Å². The Kier molecular flexibility index (Phi) is 9.44. The van der Waals surface area contributed by atoms with Gasteiger partial charge in [0.1, 0.15) is 11.6 Å². The van der Waals surface area contributed by atoms with Gasteiger partial charge in [-0.1, -0.05) is 36.9 Å². The van der Waals surface area contributed by atoms with E-state index in [9.17, 15) is 40.2 Å². The lowest BCUT2D eigenvalue weighted by Crippen LogP contribution is -2.48. The normalized spacial score (nSPS) is 15.9. The zero-order chi connectivity index (χ0) is 27.1. The molecular weight excluding hydrogens is 496 g/mol. The molecule has 36 heavy (non-hydrogen) atoms. The van der Waals surface area contributed by atoms with E-state index in [2.05, 4.69) is 11.9 Å². The molecule has 2 atom stereocenters. The third-order valence-electron chi connectivity index (χ3n) is 5.44. The summed E-state index contributed by atoms with van der Waals surface area (Å²) in [5, 5.41) is 11.8. The molecular formula is C25H24F8N2O. The monoisotopic (exact) mass is 520 g/mol. The first-order chi connectivity index (χ1) is 16.7. The summed E-state index contributed by atoms with van der Waals surface area (Å²) in [7, 11) is 0. The van der Waals surface area contributed by atoms with Gasteiger partial charge in [-0.05, 0) is 54.0 Å². The van der Waals surface area contributed by atoms with Crippen molar-refractivity contribution >= 4 is 0 Å². The van der Waals surface area contributed by atoms with Gasteiger partial charge < -0.3 is 16.2 Å². The van der Waals surface area contributed by atoms with Gasteiger partial charge in [-0.2, -0.15) is 26.3 Å². The zero-order valence-electron chi connectivity index (χ0n) is 18.8. The van der Waals surface area contributed by atoms with E-state index in [4.69, 9.17) is 5.73 Å². The second kappa shape index (κ2) is 11.7. The fourth-order valence-electron chi connectivity index (χ4n) is 3.55. The lowest BCUT2D eigenvalue weighted by Gasteiger charge is -2.36. The predicted octanol–water partition coefficient (Wildman–Crippen LogP) is 5.72. The van der Waals surface area contributed by atoms with Crippen LogP contribution in [0.15, 0.2) is 84.9 Å². The average Bonchev–Trinajstić information content (AvgIpc) is 2.80.